The van der Waals surface area contributed by atoms with Crippen LogP contribution in [0.25, 0.3) is 0 Å². The van der Waals surface area contributed by atoms with Crippen LogP contribution in [0.2, 0.25) is 5.02 Å². The maximum atomic E-state index is 6.36. The second-order valence-corrected chi connectivity index (χ2v) is 6.59. The van der Waals surface area contributed by atoms with Gasteiger partial charge in [-0.25, -0.2) is 0 Å². The summed E-state index contributed by atoms with van der Waals surface area (Å²) in [6.45, 7) is 7.41. The second kappa shape index (κ2) is 6.47. The number of rotatable bonds is 5. The first-order chi connectivity index (χ1) is 9.46. The molecule has 2 aromatic rings. The van der Waals surface area contributed by atoms with E-state index in [0.717, 1.165) is 18.0 Å². The molecule has 2 nitrogen and oxygen atoms in total. The number of hydrogen-bond donors (Lipinski definition) is 1. The molecule has 0 saturated heterocycles. The average molecular weight is 292 g/mol. The first kappa shape index (κ1) is 15.1. The highest BCUT2D eigenvalue weighted by Gasteiger charge is 2.18. The van der Waals surface area contributed by atoms with Gasteiger partial charge in [0.2, 0.25) is 0 Å². The van der Waals surface area contributed by atoms with Gasteiger partial charge in [-0.15, -0.1) is 0 Å². The molecule has 0 saturated carbocycles. The molecule has 0 spiro atoms. The van der Waals surface area contributed by atoms with Crippen molar-refractivity contribution in [2.75, 3.05) is 6.54 Å². The van der Waals surface area contributed by atoms with Crippen molar-refractivity contribution in [2.24, 2.45) is 0 Å². The maximum Gasteiger partial charge on any atom is 0.0934 e. The van der Waals surface area contributed by atoms with Gasteiger partial charge in [0, 0.05) is 23.0 Å². The van der Waals surface area contributed by atoms with Gasteiger partial charge in [0.1, 0.15) is 0 Å². The fourth-order valence-electron chi connectivity index (χ4n) is 2.22. The molecule has 1 N–H and O–H groups in total. The highest BCUT2D eigenvalue weighted by molar-refractivity contribution is 6.31. The molecule has 0 bridgehead atoms. The molecule has 108 valence electrons. The van der Waals surface area contributed by atoms with E-state index in [9.17, 15) is 0 Å². The summed E-state index contributed by atoms with van der Waals surface area (Å²) >= 11 is 6.36. The van der Waals surface area contributed by atoms with Gasteiger partial charge in [-0.3, -0.25) is 0 Å². The van der Waals surface area contributed by atoms with Gasteiger partial charge in [-0.1, -0.05) is 29.8 Å². The predicted octanol–water partition coefficient (Wildman–Crippen LogP) is 4.65. The van der Waals surface area contributed by atoms with Crippen LogP contribution in [-0.2, 0) is 6.42 Å². The number of hydrogen-bond acceptors (Lipinski definition) is 2. The molecule has 20 heavy (non-hydrogen) atoms. The fourth-order valence-corrected chi connectivity index (χ4v) is 2.51. The topological polar surface area (TPSA) is 25.2 Å². The first-order valence-corrected chi connectivity index (χ1v) is 7.34. The Bertz CT molecular complexity index is 528. The number of halogens is 1. The summed E-state index contributed by atoms with van der Waals surface area (Å²) in [6.07, 6.45) is 4.44. The molecule has 1 aromatic carbocycles. The normalized spacial score (nSPS) is 13.4. The van der Waals surface area contributed by atoms with E-state index < -0.39 is 0 Å². The smallest absolute Gasteiger partial charge is 0.0934 e. The van der Waals surface area contributed by atoms with Crippen molar-refractivity contribution in [3.63, 3.8) is 0 Å². The summed E-state index contributed by atoms with van der Waals surface area (Å²) in [4.78, 5) is 0. The summed E-state index contributed by atoms with van der Waals surface area (Å²) in [7, 11) is 0. The van der Waals surface area contributed by atoms with Gasteiger partial charge >= 0.3 is 0 Å². The van der Waals surface area contributed by atoms with E-state index in [4.69, 9.17) is 16.0 Å². The molecular formula is C17H22ClNO. The lowest BCUT2D eigenvalue weighted by Crippen LogP contribution is -2.39. The fraction of sp³-hybridized carbons (Fsp3) is 0.412. The second-order valence-electron chi connectivity index (χ2n) is 6.19. The zero-order valence-electron chi connectivity index (χ0n) is 12.3. The summed E-state index contributed by atoms with van der Waals surface area (Å²) < 4.78 is 5.17. The van der Waals surface area contributed by atoms with Crippen molar-refractivity contribution in [1.29, 1.82) is 0 Å². The molecule has 0 radical (unpaired) electrons. The van der Waals surface area contributed by atoms with E-state index in [1.54, 1.807) is 12.5 Å². The largest absolute Gasteiger partial charge is 0.472 e. The van der Waals surface area contributed by atoms with Crippen LogP contribution in [0.15, 0.2) is 47.3 Å². The van der Waals surface area contributed by atoms with E-state index in [0.29, 0.717) is 5.92 Å². The molecule has 1 atom stereocenters. The highest BCUT2D eigenvalue weighted by Crippen LogP contribution is 2.27. The SMILES string of the molecule is CC(C)(C)NCC(Cc1ccoc1)c1ccccc1Cl. The van der Waals surface area contributed by atoms with Gasteiger partial charge in [0.25, 0.3) is 0 Å². The molecular weight excluding hydrogens is 270 g/mol. The summed E-state index contributed by atoms with van der Waals surface area (Å²) in [5.41, 5.74) is 2.48. The summed E-state index contributed by atoms with van der Waals surface area (Å²) in [6, 6.07) is 10.1. The minimum Gasteiger partial charge on any atom is -0.472 e. The Hall–Kier alpha value is -1.25. The molecule has 1 unspecified atom stereocenters. The molecule has 2 rings (SSSR count). The van der Waals surface area contributed by atoms with E-state index in [1.807, 2.05) is 24.3 Å². The predicted molar refractivity (Wildman–Crippen MR) is 84.4 cm³/mol. The third kappa shape index (κ3) is 4.39. The van der Waals surface area contributed by atoms with Crippen molar-refractivity contribution < 1.29 is 4.42 Å². The van der Waals surface area contributed by atoms with E-state index in [1.165, 1.54) is 11.1 Å². The van der Waals surface area contributed by atoms with Crippen LogP contribution in [0.4, 0.5) is 0 Å². The lowest BCUT2D eigenvalue weighted by atomic mass is 9.92. The van der Waals surface area contributed by atoms with Crippen LogP contribution in [0.5, 0.6) is 0 Å². The van der Waals surface area contributed by atoms with Crippen molar-refractivity contribution in [3.8, 4) is 0 Å². The van der Waals surface area contributed by atoms with Crippen molar-refractivity contribution in [2.45, 2.75) is 38.6 Å². The van der Waals surface area contributed by atoms with Crippen LogP contribution in [0.1, 0.15) is 37.8 Å². The molecule has 1 heterocycles. The van der Waals surface area contributed by atoms with Crippen LogP contribution in [-0.4, -0.2) is 12.1 Å². The van der Waals surface area contributed by atoms with E-state index in [2.05, 4.69) is 32.2 Å². The van der Waals surface area contributed by atoms with Gasteiger partial charge < -0.3 is 9.73 Å². The Morgan fingerprint density at radius 1 is 1.20 bits per heavy atom. The van der Waals surface area contributed by atoms with Crippen molar-refractivity contribution >= 4 is 11.6 Å². The van der Waals surface area contributed by atoms with Crippen LogP contribution < -0.4 is 5.32 Å². The molecule has 0 aliphatic heterocycles. The third-order valence-electron chi connectivity index (χ3n) is 3.29. The summed E-state index contributed by atoms with van der Waals surface area (Å²) in [5.74, 6) is 0.334. The van der Waals surface area contributed by atoms with Gasteiger partial charge in [-0.2, -0.15) is 0 Å². The Morgan fingerprint density at radius 3 is 2.55 bits per heavy atom. The maximum absolute atomic E-state index is 6.36. The molecule has 0 fully saturated rings. The quantitative estimate of drug-likeness (QED) is 0.867. The summed E-state index contributed by atoms with van der Waals surface area (Å²) in [5, 5.41) is 4.40. The Kier molecular flexibility index (Phi) is 4.90. The number of nitrogens with one attached hydrogen (secondary N) is 1. The lowest BCUT2D eigenvalue weighted by Gasteiger charge is -2.26. The number of benzene rings is 1. The first-order valence-electron chi connectivity index (χ1n) is 6.96. The van der Waals surface area contributed by atoms with Crippen LogP contribution >= 0.6 is 11.6 Å². The van der Waals surface area contributed by atoms with Gasteiger partial charge in [-0.05, 0) is 50.5 Å². The van der Waals surface area contributed by atoms with Gasteiger partial charge in [0.15, 0.2) is 0 Å². The monoisotopic (exact) mass is 291 g/mol. The Morgan fingerprint density at radius 2 is 1.95 bits per heavy atom. The zero-order chi connectivity index (χ0) is 14.6. The average Bonchev–Trinajstić information content (AvgIpc) is 2.87. The zero-order valence-corrected chi connectivity index (χ0v) is 13.1. The number of furan rings is 1. The molecule has 1 aromatic heterocycles. The van der Waals surface area contributed by atoms with Gasteiger partial charge in [0.05, 0.1) is 12.5 Å². The van der Waals surface area contributed by atoms with Crippen molar-refractivity contribution in [1.82, 2.24) is 5.32 Å². The Labute approximate surface area is 126 Å². The van der Waals surface area contributed by atoms with E-state index in [-0.39, 0.29) is 5.54 Å². The van der Waals surface area contributed by atoms with Crippen molar-refractivity contribution in [3.05, 3.63) is 59.0 Å². The molecule has 0 aliphatic rings. The van der Waals surface area contributed by atoms with Crippen LogP contribution in [0, 0.1) is 0 Å². The molecule has 0 aliphatic carbocycles. The highest BCUT2D eigenvalue weighted by atomic mass is 35.5. The standard InChI is InChI=1S/C17H22ClNO/c1-17(2,3)19-11-14(10-13-8-9-20-12-13)15-6-4-5-7-16(15)18/h4-9,12,14,19H,10-11H2,1-3H3. The minimum atomic E-state index is 0.0932. The molecule has 3 heteroatoms. The Balaban J connectivity index is 2.17. The molecule has 0 amide bonds. The minimum absolute atomic E-state index is 0.0932. The van der Waals surface area contributed by atoms with E-state index >= 15 is 0 Å². The lowest BCUT2D eigenvalue weighted by molar-refractivity contribution is 0.404. The van der Waals surface area contributed by atoms with Crippen LogP contribution in [0.3, 0.4) is 0 Å². The third-order valence-corrected chi connectivity index (χ3v) is 3.63.